The van der Waals surface area contributed by atoms with Gasteiger partial charge in [0.2, 0.25) is 0 Å². The third-order valence-electron chi connectivity index (χ3n) is 3.51. The molecule has 1 aromatic heterocycles. The van der Waals surface area contributed by atoms with Crippen molar-refractivity contribution in [2.45, 2.75) is 26.3 Å². The lowest BCUT2D eigenvalue weighted by atomic mass is 9.97. The van der Waals surface area contributed by atoms with Crippen molar-refractivity contribution in [2.24, 2.45) is 7.05 Å². The molecular formula is C14H20N4O2S. The minimum atomic E-state index is -0.350. The lowest BCUT2D eigenvalue weighted by Crippen LogP contribution is -2.47. The molecule has 0 fully saturated rings. The van der Waals surface area contributed by atoms with Crippen LogP contribution in [0.4, 0.5) is 0 Å². The van der Waals surface area contributed by atoms with Crippen molar-refractivity contribution < 1.29 is 9.53 Å². The minimum absolute atomic E-state index is 0.327. The molecule has 0 aromatic carbocycles. The molecule has 0 aliphatic carbocycles. The van der Waals surface area contributed by atoms with Gasteiger partial charge in [0.05, 0.1) is 24.9 Å². The van der Waals surface area contributed by atoms with Gasteiger partial charge in [-0.1, -0.05) is 6.92 Å². The molecule has 2 heterocycles. The van der Waals surface area contributed by atoms with Crippen molar-refractivity contribution in [3.8, 4) is 0 Å². The van der Waals surface area contributed by atoms with E-state index in [4.69, 9.17) is 17.0 Å². The first kappa shape index (κ1) is 15.5. The SMILES string of the molecule is CCCN1C(=S)NC(c2cnn(C)c2)C(C(=O)OC)=C1C. The number of allylic oxidation sites excluding steroid dienone is 1. The molecule has 1 N–H and O–H groups in total. The molecule has 0 amide bonds. The molecular weight excluding hydrogens is 288 g/mol. The molecule has 0 spiro atoms. The van der Waals surface area contributed by atoms with Gasteiger partial charge < -0.3 is 15.0 Å². The number of rotatable bonds is 4. The van der Waals surface area contributed by atoms with E-state index in [0.717, 1.165) is 24.2 Å². The molecule has 21 heavy (non-hydrogen) atoms. The fourth-order valence-electron chi connectivity index (χ4n) is 2.49. The first-order chi connectivity index (χ1) is 9.99. The molecule has 0 saturated heterocycles. The predicted octanol–water partition coefficient (Wildman–Crippen LogP) is 1.51. The van der Waals surface area contributed by atoms with Gasteiger partial charge in [-0.15, -0.1) is 0 Å². The maximum atomic E-state index is 12.2. The van der Waals surface area contributed by atoms with E-state index in [1.807, 2.05) is 25.1 Å². The van der Waals surface area contributed by atoms with Crippen LogP contribution in [0.25, 0.3) is 0 Å². The van der Waals surface area contributed by atoms with E-state index in [1.165, 1.54) is 7.11 Å². The zero-order valence-corrected chi connectivity index (χ0v) is 13.5. The van der Waals surface area contributed by atoms with E-state index >= 15 is 0 Å². The van der Waals surface area contributed by atoms with Crippen LogP contribution >= 0.6 is 12.2 Å². The quantitative estimate of drug-likeness (QED) is 0.672. The third-order valence-corrected chi connectivity index (χ3v) is 3.85. The Morgan fingerprint density at radius 3 is 2.81 bits per heavy atom. The number of esters is 1. The van der Waals surface area contributed by atoms with Crippen molar-refractivity contribution in [1.82, 2.24) is 20.0 Å². The Bertz CT molecular complexity index is 594. The summed E-state index contributed by atoms with van der Waals surface area (Å²) in [6, 6.07) is -0.327. The number of hydrogen-bond donors (Lipinski definition) is 1. The van der Waals surface area contributed by atoms with E-state index in [0.29, 0.717) is 10.7 Å². The average Bonchev–Trinajstić information content (AvgIpc) is 2.88. The summed E-state index contributed by atoms with van der Waals surface area (Å²) in [5.74, 6) is -0.350. The highest BCUT2D eigenvalue weighted by atomic mass is 32.1. The average molecular weight is 308 g/mol. The van der Waals surface area contributed by atoms with Gasteiger partial charge in [-0.25, -0.2) is 4.79 Å². The molecule has 6 nitrogen and oxygen atoms in total. The summed E-state index contributed by atoms with van der Waals surface area (Å²) >= 11 is 5.43. The number of thiocarbonyl (C=S) groups is 1. The van der Waals surface area contributed by atoms with Crippen LogP contribution in [0.15, 0.2) is 23.7 Å². The summed E-state index contributed by atoms with van der Waals surface area (Å²) in [4.78, 5) is 14.1. The molecule has 2 rings (SSSR count). The van der Waals surface area contributed by atoms with Crippen molar-refractivity contribution in [3.63, 3.8) is 0 Å². The molecule has 0 saturated carbocycles. The summed E-state index contributed by atoms with van der Waals surface area (Å²) in [7, 11) is 3.22. The van der Waals surface area contributed by atoms with E-state index in [-0.39, 0.29) is 12.0 Å². The van der Waals surface area contributed by atoms with Crippen LogP contribution in [0.5, 0.6) is 0 Å². The Labute approximate surface area is 129 Å². The van der Waals surface area contributed by atoms with Crippen LogP contribution in [0.2, 0.25) is 0 Å². The monoisotopic (exact) mass is 308 g/mol. The first-order valence-electron chi connectivity index (χ1n) is 6.85. The van der Waals surface area contributed by atoms with Crippen LogP contribution in [-0.4, -0.2) is 39.4 Å². The maximum absolute atomic E-state index is 12.2. The van der Waals surface area contributed by atoms with Crippen molar-refractivity contribution in [2.75, 3.05) is 13.7 Å². The lowest BCUT2D eigenvalue weighted by molar-refractivity contribution is -0.136. The molecule has 0 bridgehead atoms. The minimum Gasteiger partial charge on any atom is -0.466 e. The van der Waals surface area contributed by atoms with Gasteiger partial charge in [-0.05, 0) is 25.6 Å². The Kier molecular flexibility index (Phi) is 4.62. The Morgan fingerprint density at radius 2 is 2.29 bits per heavy atom. The number of hydrogen-bond acceptors (Lipinski definition) is 4. The van der Waals surface area contributed by atoms with E-state index in [9.17, 15) is 4.79 Å². The zero-order chi connectivity index (χ0) is 15.6. The summed E-state index contributed by atoms with van der Waals surface area (Å²) < 4.78 is 6.64. The van der Waals surface area contributed by atoms with Crippen LogP contribution in [0.1, 0.15) is 31.9 Å². The molecule has 114 valence electrons. The predicted molar refractivity (Wildman–Crippen MR) is 83.4 cm³/mol. The second-order valence-electron chi connectivity index (χ2n) is 4.97. The number of methoxy groups -OCH3 is 1. The number of ether oxygens (including phenoxy) is 1. The molecule has 1 unspecified atom stereocenters. The summed E-state index contributed by atoms with van der Waals surface area (Å²) in [5.41, 5.74) is 2.30. The zero-order valence-electron chi connectivity index (χ0n) is 12.7. The van der Waals surface area contributed by atoms with E-state index < -0.39 is 0 Å². The summed E-state index contributed by atoms with van der Waals surface area (Å²) in [6.07, 6.45) is 4.53. The van der Waals surface area contributed by atoms with Crippen LogP contribution in [-0.2, 0) is 16.6 Å². The summed E-state index contributed by atoms with van der Waals surface area (Å²) in [5, 5.41) is 8.01. The first-order valence-corrected chi connectivity index (χ1v) is 7.26. The highest BCUT2D eigenvalue weighted by Gasteiger charge is 2.34. The van der Waals surface area contributed by atoms with Crippen LogP contribution < -0.4 is 5.32 Å². The van der Waals surface area contributed by atoms with Gasteiger partial charge >= 0.3 is 5.97 Å². The van der Waals surface area contributed by atoms with Gasteiger partial charge in [0.25, 0.3) is 0 Å². The van der Waals surface area contributed by atoms with Crippen molar-refractivity contribution >= 4 is 23.3 Å². The van der Waals surface area contributed by atoms with Crippen molar-refractivity contribution in [1.29, 1.82) is 0 Å². The number of aryl methyl sites for hydroxylation is 1. The number of nitrogens with one attached hydrogen (secondary N) is 1. The third kappa shape index (κ3) is 2.92. The van der Waals surface area contributed by atoms with E-state index in [1.54, 1.807) is 10.9 Å². The summed E-state index contributed by atoms with van der Waals surface area (Å²) in [6.45, 7) is 4.73. The number of aromatic nitrogens is 2. The fourth-order valence-corrected chi connectivity index (χ4v) is 2.83. The van der Waals surface area contributed by atoms with Gasteiger partial charge in [-0.3, -0.25) is 4.68 Å². The smallest absolute Gasteiger partial charge is 0.337 e. The van der Waals surface area contributed by atoms with Gasteiger partial charge in [0.1, 0.15) is 0 Å². The molecule has 1 atom stereocenters. The fraction of sp³-hybridized carbons (Fsp3) is 0.500. The van der Waals surface area contributed by atoms with E-state index in [2.05, 4.69) is 17.3 Å². The van der Waals surface area contributed by atoms with Crippen LogP contribution in [0, 0.1) is 0 Å². The van der Waals surface area contributed by atoms with Crippen molar-refractivity contribution in [3.05, 3.63) is 29.2 Å². The molecule has 7 heteroatoms. The highest BCUT2D eigenvalue weighted by molar-refractivity contribution is 7.80. The number of nitrogens with zero attached hydrogens (tertiary/aromatic N) is 3. The van der Waals surface area contributed by atoms with Gasteiger partial charge in [0.15, 0.2) is 5.11 Å². The number of carbonyl (C=O) groups is 1. The molecule has 1 aromatic rings. The van der Waals surface area contributed by atoms with Gasteiger partial charge in [0, 0.05) is 31.0 Å². The standard InChI is InChI=1S/C14H20N4O2S/c1-5-6-18-9(2)11(13(19)20-4)12(16-14(18)21)10-7-15-17(3)8-10/h7-8,12H,5-6H2,1-4H3,(H,16,21). The maximum Gasteiger partial charge on any atom is 0.337 e. The Balaban J connectivity index is 2.49. The molecule has 0 radical (unpaired) electrons. The second-order valence-corrected chi connectivity index (χ2v) is 5.36. The van der Waals surface area contributed by atoms with Gasteiger partial charge in [-0.2, -0.15) is 5.10 Å². The normalized spacial score (nSPS) is 18.8. The van der Waals surface area contributed by atoms with Crippen LogP contribution in [0.3, 0.4) is 0 Å². The Hall–Kier alpha value is -1.89. The molecule has 1 aliphatic rings. The second kappa shape index (κ2) is 6.26. The lowest BCUT2D eigenvalue weighted by Gasteiger charge is -2.36. The Morgan fingerprint density at radius 1 is 1.57 bits per heavy atom. The largest absolute Gasteiger partial charge is 0.466 e. The number of carbonyl (C=O) groups excluding carboxylic acids is 1. The molecule has 1 aliphatic heterocycles. The highest BCUT2D eigenvalue weighted by Crippen LogP contribution is 2.31. The topological polar surface area (TPSA) is 59.4 Å².